The van der Waals surface area contributed by atoms with Crippen molar-refractivity contribution in [2.45, 2.75) is 40.2 Å². The number of aromatic amines is 1. The molecular weight excluding hydrogens is 454 g/mol. The van der Waals surface area contributed by atoms with Crippen LogP contribution >= 0.6 is 0 Å². The van der Waals surface area contributed by atoms with Crippen LogP contribution in [0.15, 0.2) is 54.7 Å². The molecule has 0 unspecified atom stereocenters. The van der Waals surface area contributed by atoms with Crippen molar-refractivity contribution in [3.05, 3.63) is 65.9 Å². The van der Waals surface area contributed by atoms with Gasteiger partial charge in [-0.05, 0) is 30.5 Å². The summed E-state index contributed by atoms with van der Waals surface area (Å²) in [7, 11) is 3.28. The van der Waals surface area contributed by atoms with E-state index in [0.29, 0.717) is 39.1 Å². The van der Waals surface area contributed by atoms with E-state index in [2.05, 4.69) is 11.1 Å². The first-order chi connectivity index (χ1) is 17.2. The van der Waals surface area contributed by atoms with Crippen molar-refractivity contribution >= 4 is 22.7 Å². The summed E-state index contributed by atoms with van der Waals surface area (Å²) in [6.45, 7) is 7.61. The predicted octanol–water partition coefficient (Wildman–Crippen LogP) is 4.66. The number of para-hydroxylation sites is 2. The Labute approximate surface area is 214 Å². The fraction of sp³-hybridized carbons (Fsp3) is 0.448. The molecule has 0 aliphatic rings. The molecule has 0 fully saturated rings. The number of carbonyl (C=O) groups excluding carboxylic acids is 2. The Morgan fingerprint density at radius 1 is 0.917 bits per heavy atom. The highest BCUT2D eigenvalue weighted by atomic mass is 16.5. The maximum atomic E-state index is 13.7. The van der Waals surface area contributed by atoms with E-state index in [1.807, 2.05) is 74.3 Å². The SMILES string of the molecule is COCCCN(CC(=O)N(CCc1c[nH]c2ccccc12)Cc1ccccc1OC)C(=O)C(C)(C)C. The lowest BCUT2D eigenvalue weighted by Crippen LogP contribution is -2.47. The first kappa shape index (κ1) is 27.3. The molecule has 1 N–H and O–H groups in total. The molecule has 0 bridgehead atoms. The summed E-state index contributed by atoms with van der Waals surface area (Å²) in [5, 5.41) is 1.16. The van der Waals surface area contributed by atoms with Gasteiger partial charge in [-0.3, -0.25) is 9.59 Å². The van der Waals surface area contributed by atoms with Crippen LogP contribution in [0.5, 0.6) is 5.75 Å². The molecule has 0 saturated heterocycles. The van der Waals surface area contributed by atoms with Crippen molar-refractivity contribution in [3.8, 4) is 5.75 Å². The van der Waals surface area contributed by atoms with E-state index < -0.39 is 5.41 Å². The zero-order valence-electron chi connectivity index (χ0n) is 22.2. The number of hydrogen-bond acceptors (Lipinski definition) is 4. The maximum absolute atomic E-state index is 13.7. The number of amides is 2. The minimum atomic E-state index is -0.579. The summed E-state index contributed by atoms with van der Waals surface area (Å²) < 4.78 is 10.7. The van der Waals surface area contributed by atoms with Crippen LogP contribution in [-0.4, -0.2) is 67.1 Å². The summed E-state index contributed by atoms with van der Waals surface area (Å²) in [4.78, 5) is 33.7. The Hall–Kier alpha value is -3.32. The highest BCUT2D eigenvalue weighted by Crippen LogP contribution is 2.23. The molecule has 0 atom stereocenters. The lowest BCUT2D eigenvalue weighted by molar-refractivity contribution is -0.146. The highest BCUT2D eigenvalue weighted by molar-refractivity contribution is 5.87. The van der Waals surface area contributed by atoms with Crippen molar-refractivity contribution < 1.29 is 19.1 Å². The maximum Gasteiger partial charge on any atom is 0.242 e. The van der Waals surface area contributed by atoms with Gasteiger partial charge < -0.3 is 24.3 Å². The number of rotatable bonds is 12. The molecule has 0 saturated carbocycles. The van der Waals surface area contributed by atoms with E-state index in [-0.39, 0.29) is 18.4 Å². The summed E-state index contributed by atoms with van der Waals surface area (Å²) in [6.07, 6.45) is 3.38. The average Bonchev–Trinajstić information content (AvgIpc) is 3.28. The van der Waals surface area contributed by atoms with E-state index in [0.717, 1.165) is 27.8 Å². The molecule has 194 valence electrons. The van der Waals surface area contributed by atoms with E-state index >= 15 is 0 Å². The smallest absolute Gasteiger partial charge is 0.242 e. The third-order valence-electron chi connectivity index (χ3n) is 6.26. The van der Waals surface area contributed by atoms with Crippen LogP contribution in [0, 0.1) is 5.41 Å². The van der Waals surface area contributed by atoms with Crippen molar-refractivity contribution in [2.24, 2.45) is 5.41 Å². The minimum absolute atomic E-state index is 0.0306. The molecule has 0 spiro atoms. The van der Waals surface area contributed by atoms with Gasteiger partial charge in [-0.25, -0.2) is 0 Å². The van der Waals surface area contributed by atoms with E-state index in [9.17, 15) is 9.59 Å². The second kappa shape index (κ2) is 12.6. The molecule has 0 aliphatic carbocycles. The molecule has 7 nitrogen and oxygen atoms in total. The molecule has 0 radical (unpaired) electrons. The van der Waals surface area contributed by atoms with Gasteiger partial charge in [-0.15, -0.1) is 0 Å². The second-order valence-corrected chi connectivity index (χ2v) is 10.1. The van der Waals surface area contributed by atoms with Gasteiger partial charge in [0, 0.05) is 61.4 Å². The zero-order chi connectivity index (χ0) is 26.1. The molecule has 3 rings (SSSR count). The van der Waals surface area contributed by atoms with Crippen LogP contribution in [0.25, 0.3) is 10.9 Å². The molecule has 1 heterocycles. The normalized spacial score (nSPS) is 11.5. The van der Waals surface area contributed by atoms with Gasteiger partial charge in [0.15, 0.2) is 0 Å². The molecule has 3 aromatic rings. The molecule has 0 aliphatic heterocycles. The number of hydrogen-bond donors (Lipinski definition) is 1. The second-order valence-electron chi connectivity index (χ2n) is 10.1. The number of benzene rings is 2. The van der Waals surface area contributed by atoms with Gasteiger partial charge in [-0.1, -0.05) is 57.2 Å². The number of H-pyrrole nitrogens is 1. The van der Waals surface area contributed by atoms with Gasteiger partial charge in [0.2, 0.25) is 11.8 Å². The molecule has 7 heteroatoms. The first-order valence-corrected chi connectivity index (χ1v) is 12.5. The number of fused-ring (bicyclic) bond motifs is 1. The zero-order valence-corrected chi connectivity index (χ0v) is 22.2. The number of nitrogens with one attached hydrogen (secondary N) is 1. The molecule has 36 heavy (non-hydrogen) atoms. The first-order valence-electron chi connectivity index (χ1n) is 12.5. The van der Waals surface area contributed by atoms with Crippen molar-refractivity contribution in [2.75, 3.05) is 40.5 Å². The summed E-state index contributed by atoms with van der Waals surface area (Å²) >= 11 is 0. The fourth-order valence-electron chi connectivity index (χ4n) is 4.31. The van der Waals surface area contributed by atoms with Crippen LogP contribution in [0.1, 0.15) is 38.3 Å². The number of ether oxygens (including phenoxy) is 2. The molecular formula is C29H39N3O4. The average molecular weight is 494 g/mol. The number of nitrogens with zero attached hydrogens (tertiary/aromatic N) is 2. The summed E-state index contributed by atoms with van der Waals surface area (Å²) in [5.41, 5.74) is 2.59. The minimum Gasteiger partial charge on any atom is -0.496 e. The third-order valence-corrected chi connectivity index (χ3v) is 6.26. The van der Waals surface area contributed by atoms with Gasteiger partial charge in [-0.2, -0.15) is 0 Å². The van der Waals surface area contributed by atoms with Gasteiger partial charge in [0.05, 0.1) is 13.7 Å². The van der Waals surface area contributed by atoms with Gasteiger partial charge in [0.25, 0.3) is 0 Å². The quantitative estimate of drug-likeness (QED) is 0.373. The van der Waals surface area contributed by atoms with Crippen LogP contribution in [-0.2, 0) is 27.3 Å². The van der Waals surface area contributed by atoms with Crippen molar-refractivity contribution in [3.63, 3.8) is 0 Å². The Morgan fingerprint density at radius 2 is 1.64 bits per heavy atom. The molecule has 2 amide bonds. The van der Waals surface area contributed by atoms with Gasteiger partial charge >= 0.3 is 0 Å². The number of carbonyl (C=O) groups is 2. The van der Waals surface area contributed by atoms with Crippen LogP contribution in [0.4, 0.5) is 0 Å². The summed E-state index contributed by atoms with van der Waals surface area (Å²) in [5.74, 6) is 0.613. The van der Waals surface area contributed by atoms with Crippen LogP contribution in [0.2, 0.25) is 0 Å². The Bertz CT molecular complexity index is 1150. The Kier molecular flexibility index (Phi) is 9.53. The molecule has 2 aromatic carbocycles. The van der Waals surface area contributed by atoms with Gasteiger partial charge in [0.1, 0.15) is 5.75 Å². The number of methoxy groups -OCH3 is 2. The Morgan fingerprint density at radius 3 is 2.36 bits per heavy atom. The lowest BCUT2D eigenvalue weighted by Gasteiger charge is -2.32. The van der Waals surface area contributed by atoms with Crippen molar-refractivity contribution in [1.29, 1.82) is 0 Å². The molecule has 1 aromatic heterocycles. The topological polar surface area (TPSA) is 74.9 Å². The number of aromatic nitrogens is 1. The van der Waals surface area contributed by atoms with Crippen LogP contribution < -0.4 is 4.74 Å². The predicted molar refractivity (Wildman–Crippen MR) is 143 cm³/mol. The summed E-state index contributed by atoms with van der Waals surface area (Å²) in [6, 6.07) is 15.9. The monoisotopic (exact) mass is 493 g/mol. The van der Waals surface area contributed by atoms with Crippen LogP contribution in [0.3, 0.4) is 0 Å². The third kappa shape index (κ3) is 7.10. The van der Waals surface area contributed by atoms with E-state index in [4.69, 9.17) is 9.47 Å². The van der Waals surface area contributed by atoms with Crippen molar-refractivity contribution in [1.82, 2.24) is 14.8 Å². The van der Waals surface area contributed by atoms with E-state index in [1.165, 1.54) is 0 Å². The highest BCUT2D eigenvalue weighted by Gasteiger charge is 2.29. The van der Waals surface area contributed by atoms with E-state index in [1.54, 1.807) is 19.1 Å². The lowest BCUT2D eigenvalue weighted by atomic mass is 9.94. The standard InChI is InChI=1S/C29H39N3O4/c1-29(2,3)28(34)32(16-10-18-35-4)21-27(33)31(20-23-11-6-9-14-26(23)36-5)17-15-22-19-30-25-13-8-7-12-24(22)25/h6-9,11-14,19,30H,10,15-18,20-21H2,1-5H3. The Balaban J connectivity index is 1.83. The fourth-order valence-corrected chi connectivity index (χ4v) is 4.31. The largest absolute Gasteiger partial charge is 0.496 e.